The van der Waals surface area contributed by atoms with Crippen LogP contribution in [0.3, 0.4) is 0 Å². The molecule has 1 aliphatic rings. The van der Waals surface area contributed by atoms with E-state index in [0.717, 1.165) is 32.1 Å². The third-order valence-corrected chi connectivity index (χ3v) is 3.96. The summed E-state index contributed by atoms with van der Waals surface area (Å²) in [6.45, 7) is 4.86. The molecule has 0 radical (unpaired) electrons. The molecule has 0 aromatic heterocycles. The molecule has 0 aromatic carbocycles. The third-order valence-electron chi connectivity index (χ3n) is 3.96. The van der Waals surface area contributed by atoms with E-state index >= 15 is 0 Å². The van der Waals surface area contributed by atoms with Crippen molar-refractivity contribution in [1.82, 2.24) is 5.32 Å². The zero-order valence-electron chi connectivity index (χ0n) is 11.9. The second-order valence-electron chi connectivity index (χ2n) is 5.60. The fraction of sp³-hybridized carbons (Fsp3) is 0.929. The molecule has 1 rings (SSSR count). The molecule has 4 heteroatoms. The van der Waals surface area contributed by atoms with Crippen LogP contribution in [0.4, 0.5) is 0 Å². The van der Waals surface area contributed by atoms with E-state index in [1.807, 2.05) is 0 Å². The summed E-state index contributed by atoms with van der Waals surface area (Å²) in [7, 11) is 1.68. The maximum Gasteiger partial charge on any atom is 0.223 e. The van der Waals surface area contributed by atoms with Crippen molar-refractivity contribution in [2.45, 2.75) is 58.0 Å². The van der Waals surface area contributed by atoms with Gasteiger partial charge in [0, 0.05) is 19.1 Å². The van der Waals surface area contributed by atoms with E-state index in [2.05, 4.69) is 19.2 Å². The number of rotatable bonds is 6. The van der Waals surface area contributed by atoms with Crippen LogP contribution in [0, 0.1) is 11.8 Å². The van der Waals surface area contributed by atoms with Crippen LogP contribution in [-0.2, 0) is 9.53 Å². The Morgan fingerprint density at radius 1 is 1.50 bits per heavy atom. The van der Waals surface area contributed by atoms with Crippen molar-refractivity contribution in [3.63, 3.8) is 0 Å². The van der Waals surface area contributed by atoms with Crippen molar-refractivity contribution in [2.75, 3.05) is 13.7 Å². The maximum atomic E-state index is 12.2. The standard InChI is InChI=1S/C14H28N2O2/c1-4-5-12(9-18-3)16-14(17)11-6-7-13(15)10(2)8-11/h10-13H,4-9,15H2,1-3H3,(H,16,17). The van der Waals surface area contributed by atoms with E-state index in [-0.39, 0.29) is 23.9 Å². The van der Waals surface area contributed by atoms with E-state index in [1.165, 1.54) is 0 Å². The normalized spacial score (nSPS) is 29.9. The molecule has 0 bridgehead atoms. The molecule has 1 fully saturated rings. The SMILES string of the molecule is CCCC(COC)NC(=O)C1CCC(N)C(C)C1. The minimum atomic E-state index is 0.135. The molecule has 4 unspecified atom stereocenters. The molecular weight excluding hydrogens is 228 g/mol. The highest BCUT2D eigenvalue weighted by Crippen LogP contribution is 2.28. The summed E-state index contributed by atoms with van der Waals surface area (Å²) in [6, 6.07) is 0.415. The smallest absolute Gasteiger partial charge is 0.223 e. The Balaban J connectivity index is 2.43. The highest BCUT2D eigenvalue weighted by atomic mass is 16.5. The van der Waals surface area contributed by atoms with Crippen LogP contribution in [0.2, 0.25) is 0 Å². The minimum absolute atomic E-state index is 0.135. The van der Waals surface area contributed by atoms with E-state index in [1.54, 1.807) is 7.11 Å². The predicted molar refractivity (Wildman–Crippen MR) is 73.2 cm³/mol. The van der Waals surface area contributed by atoms with E-state index in [9.17, 15) is 4.79 Å². The number of carbonyl (C=O) groups is 1. The Hall–Kier alpha value is -0.610. The summed E-state index contributed by atoms with van der Waals surface area (Å²) in [6.07, 6.45) is 4.82. The molecule has 1 saturated carbocycles. The van der Waals surface area contributed by atoms with Crippen molar-refractivity contribution in [1.29, 1.82) is 0 Å². The van der Waals surface area contributed by atoms with Gasteiger partial charge in [-0.25, -0.2) is 0 Å². The largest absolute Gasteiger partial charge is 0.383 e. The fourth-order valence-electron chi connectivity index (χ4n) is 2.72. The lowest BCUT2D eigenvalue weighted by molar-refractivity contribution is -0.127. The van der Waals surface area contributed by atoms with Crippen LogP contribution in [0.25, 0.3) is 0 Å². The predicted octanol–water partition coefficient (Wildman–Crippen LogP) is 1.68. The van der Waals surface area contributed by atoms with Gasteiger partial charge in [0.25, 0.3) is 0 Å². The molecule has 3 N–H and O–H groups in total. The molecule has 0 aliphatic heterocycles. The topological polar surface area (TPSA) is 64.3 Å². The van der Waals surface area contributed by atoms with Crippen LogP contribution in [0.1, 0.15) is 46.0 Å². The number of hydrogen-bond acceptors (Lipinski definition) is 3. The number of nitrogens with one attached hydrogen (secondary N) is 1. The van der Waals surface area contributed by atoms with Crippen LogP contribution in [0.15, 0.2) is 0 Å². The van der Waals surface area contributed by atoms with Gasteiger partial charge in [0.05, 0.1) is 12.6 Å². The lowest BCUT2D eigenvalue weighted by Crippen LogP contribution is -2.45. The van der Waals surface area contributed by atoms with Crippen molar-refractivity contribution >= 4 is 5.91 Å². The average Bonchev–Trinajstić information content (AvgIpc) is 2.33. The summed E-state index contributed by atoms with van der Waals surface area (Å²) in [5, 5.41) is 3.12. The monoisotopic (exact) mass is 256 g/mol. The molecule has 0 heterocycles. The molecule has 1 amide bonds. The summed E-state index contributed by atoms with van der Waals surface area (Å²) < 4.78 is 5.15. The van der Waals surface area contributed by atoms with Gasteiger partial charge in [-0.1, -0.05) is 20.3 Å². The highest BCUT2D eigenvalue weighted by molar-refractivity contribution is 5.79. The highest BCUT2D eigenvalue weighted by Gasteiger charge is 2.30. The number of carbonyl (C=O) groups excluding carboxylic acids is 1. The second-order valence-corrected chi connectivity index (χ2v) is 5.60. The lowest BCUT2D eigenvalue weighted by atomic mass is 9.79. The first-order chi connectivity index (χ1) is 8.58. The quantitative estimate of drug-likeness (QED) is 0.760. The lowest BCUT2D eigenvalue weighted by Gasteiger charge is -2.32. The Morgan fingerprint density at radius 3 is 2.78 bits per heavy atom. The fourth-order valence-corrected chi connectivity index (χ4v) is 2.72. The number of amides is 1. The van der Waals surface area contributed by atoms with Gasteiger partial charge in [0.15, 0.2) is 0 Å². The first-order valence-electron chi connectivity index (χ1n) is 7.13. The van der Waals surface area contributed by atoms with E-state index < -0.39 is 0 Å². The Morgan fingerprint density at radius 2 is 2.22 bits per heavy atom. The molecule has 1 aliphatic carbocycles. The van der Waals surface area contributed by atoms with E-state index in [4.69, 9.17) is 10.5 Å². The molecule has 4 nitrogen and oxygen atoms in total. The Bertz CT molecular complexity index is 252. The van der Waals surface area contributed by atoms with Gasteiger partial charge in [0.1, 0.15) is 0 Å². The van der Waals surface area contributed by atoms with Crippen LogP contribution in [0.5, 0.6) is 0 Å². The third kappa shape index (κ3) is 4.58. The molecular formula is C14H28N2O2. The minimum Gasteiger partial charge on any atom is -0.383 e. The summed E-state index contributed by atoms with van der Waals surface area (Å²) in [5.41, 5.74) is 5.99. The zero-order chi connectivity index (χ0) is 13.5. The Labute approximate surface area is 111 Å². The zero-order valence-corrected chi connectivity index (χ0v) is 11.9. The number of methoxy groups -OCH3 is 1. The van der Waals surface area contributed by atoms with Gasteiger partial charge in [0.2, 0.25) is 5.91 Å². The summed E-state index contributed by atoms with van der Waals surface area (Å²) >= 11 is 0. The average molecular weight is 256 g/mol. The van der Waals surface area contributed by atoms with Crippen LogP contribution >= 0.6 is 0 Å². The number of hydrogen-bond donors (Lipinski definition) is 2. The van der Waals surface area contributed by atoms with Crippen molar-refractivity contribution in [3.8, 4) is 0 Å². The molecule has 0 saturated heterocycles. The molecule has 106 valence electrons. The van der Waals surface area contributed by atoms with Gasteiger partial charge in [-0.05, 0) is 31.6 Å². The summed E-state index contributed by atoms with van der Waals surface area (Å²) in [5.74, 6) is 0.766. The van der Waals surface area contributed by atoms with Crippen LogP contribution < -0.4 is 11.1 Å². The van der Waals surface area contributed by atoms with E-state index in [0.29, 0.717) is 12.5 Å². The molecule has 4 atom stereocenters. The number of nitrogens with two attached hydrogens (primary N) is 1. The molecule has 0 spiro atoms. The van der Waals surface area contributed by atoms with Gasteiger partial charge in [-0.3, -0.25) is 4.79 Å². The first-order valence-corrected chi connectivity index (χ1v) is 7.13. The van der Waals surface area contributed by atoms with Gasteiger partial charge < -0.3 is 15.8 Å². The molecule has 0 aromatic rings. The van der Waals surface area contributed by atoms with Crippen molar-refractivity contribution in [2.24, 2.45) is 17.6 Å². The molecule has 18 heavy (non-hydrogen) atoms. The van der Waals surface area contributed by atoms with Crippen molar-refractivity contribution in [3.05, 3.63) is 0 Å². The summed E-state index contributed by atoms with van der Waals surface area (Å²) in [4.78, 5) is 12.2. The number of ether oxygens (including phenoxy) is 1. The maximum absolute atomic E-state index is 12.2. The van der Waals surface area contributed by atoms with Crippen molar-refractivity contribution < 1.29 is 9.53 Å². The Kier molecular flexibility index (Phi) is 6.65. The second kappa shape index (κ2) is 7.74. The van der Waals surface area contributed by atoms with Crippen LogP contribution in [-0.4, -0.2) is 31.7 Å². The first kappa shape index (κ1) is 15.4. The van der Waals surface area contributed by atoms with Gasteiger partial charge in [-0.2, -0.15) is 0 Å². The van der Waals surface area contributed by atoms with Gasteiger partial charge in [-0.15, -0.1) is 0 Å². The van der Waals surface area contributed by atoms with Gasteiger partial charge >= 0.3 is 0 Å².